The first-order valence-corrected chi connectivity index (χ1v) is 5.82. The van der Waals surface area contributed by atoms with Crippen LogP contribution in [0.5, 0.6) is 0 Å². The molecule has 0 bridgehead atoms. The summed E-state index contributed by atoms with van der Waals surface area (Å²) < 4.78 is 12.9. The minimum Gasteiger partial charge on any atom is -0.292 e. The van der Waals surface area contributed by atoms with Crippen LogP contribution in [0.3, 0.4) is 0 Å². The van der Waals surface area contributed by atoms with Crippen molar-refractivity contribution < 1.29 is 18.8 Å². The molecular formula is C11H8FNO3S. The van der Waals surface area contributed by atoms with E-state index in [2.05, 4.69) is 0 Å². The fraction of sp³-hybridized carbons (Fsp3) is 0.182. The minimum atomic E-state index is -0.524. The molecule has 2 amide bonds. The molecule has 0 unspecified atom stereocenters. The Hall–Kier alpha value is -1.69. The Labute approximate surface area is 101 Å². The maximum Gasteiger partial charge on any atom is 0.289 e. The van der Waals surface area contributed by atoms with Gasteiger partial charge in [-0.2, -0.15) is 0 Å². The molecule has 0 saturated carbocycles. The summed E-state index contributed by atoms with van der Waals surface area (Å²) in [5, 5.41) is -0.431. The van der Waals surface area contributed by atoms with Gasteiger partial charge in [-0.15, -0.1) is 0 Å². The predicted molar refractivity (Wildman–Crippen MR) is 60.3 cm³/mol. The van der Waals surface area contributed by atoms with Gasteiger partial charge in [0.25, 0.3) is 5.24 Å². The van der Waals surface area contributed by atoms with Gasteiger partial charge in [0.2, 0.25) is 5.91 Å². The highest BCUT2D eigenvalue weighted by Crippen LogP contribution is 2.19. The predicted octanol–water partition coefficient (Wildman–Crippen LogP) is 1.70. The summed E-state index contributed by atoms with van der Waals surface area (Å²) in [6.45, 7) is -0.325. The third-order valence-electron chi connectivity index (χ3n) is 2.29. The van der Waals surface area contributed by atoms with Gasteiger partial charge < -0.3 is 0 Å². The highest BCUT2D eigenvalue weighted by molar-refractivity contribution is 8.14. The standard InChI is InChI=1S/C11H8FNO3S/c12-8-3-1-2-7(4-8)9(14)5-13-10(15)6-17-11(13)16/h1-4H,5-6H2. The molecule has 1 aliphatic heterocycles. The molecule has 1 aromatic carbocycles. The fourth-order valence-electron chi connectivity index (χ4n) is 1.43. The van der Waals surface area contributed by atoms with Crippen molar-refractivity contribution in [1.29, 1.82) is 0 Å². The summed E-state index contributed by atoms with van der Waals surface area (Å²) in [5.74, 6) is -1.29. The molecule has 0 spiro atoms. The molecule has 1 fully saturated rings. The second-order valence-corrected chi connectivity index (χ2v) is 4.39. The van der Waals surface area contributed by atoms with Crippen LogP contribution < -0.4 is 0 Å². The van der Waals surface area contributed by atoms with E-state index in [0.717, 1.165) is 22.7 Å². The van der Waals surface area contributed by atoms with Crippen molar-refractivity contribution >= 4 is 28.7 Å². The lowest BCUT2D eigenvalue weighted by molar-refractivity contribution is -0.124. The number of halogens is 1. The largest absolute Gasteiger partial charge is 0.292 e. The van der Waals surface area contributed by atoms with Crippen molar-refractivity contribution in [3.8, 4) is 0 Å². The number of thioether (sulfide) groups is 1. The Morgan fingerprint density at radius 2 is 2.18 bits per heavy atom. The van der Waals surface area contributed by atoms with Crippen molar-refractivity contribution in [1.82, 2.24) is 4.90 Å². The highest BCUT2D eigenvalue weighted by Gasteiger charge is 2.31. The summed E-state index contributed by atoms with van der Waals surface area (Å²) in [7, 11) is 0. The number of rotatable bonds is 3. The minimum absolute atomic E-state index is 0.0647. The molecule has 0 aromatic heterocycles. The number of hydrogen-bond acceptors (Lipinski definition) is 4. The third-order valence-corrected chi connectivity index (χ3v) is 3.15. The molecule has 0 N–H and O–H groups in total. The summed E-state index contributed by atoms with van der Waals surface area (Å²) in [6, 6.07) is 5.16. The van der Waals surface area contributed by atoms with Gasteiger partial charge in [-0.25, -0.2) is 4.39 Å². The van der Waals surface area contributed by atoms with Crippen molar-refractivity contribution in [3.05, 3.63) is 35.6 Å². The van der Waals surface area contributed by atoms with Crippen molar-refractivity contribution in [2.45, 2.75) is 0 Å². The number of nitrogens with zero attached hydrogens (tertiary/aromatic N) is 1. The number of carbonyl (C=O) groups excluding carboxylic acids is 3. The molecule has 1 saturated heterocycles. The van der Waals surface area contributed by atoms with Crippen LogP contribution in [0, 0.1) is 5.82 Å². The number of Topliss-reactive ketones (excluding diaryl/α,β-unsaturated/α-hetero) is 1. The molecule has 1 aromatic rings. The van der Waals surface area contributed by atoms with Crippen LogP contribution in [0.2, 0.25) is 0 Å². The van der Waals surface area contributed by atoms with Crippen LogP contribution in [0.1, 0.15) is 10.4 Å². The van der Waals surface area contributed by atoms with E-state index in [4.69, 9.17) is 0 Å². The lowest BCUT2D eigenvalue weighted by Crippen LogP contribution is -2.33. The zero-order valence-corrected chi connectivity index (χ0v) is 9.50. The second-order valence-electron chi connectivity index (χ2n) is 3.47. The molecule has 1 aliphatic rings. The Morgan fingerprint density at radius 3 is 2.76 bits per heavy atom. The third kappa shape index (κ3) is 2.52. The summed E-state index contributed by atoms with van der Waals surface area (Å²) in [6.07, 6.45) is 0. The van der Waals surface area contributed by atoms with Gasteiger partial charge in [0.1, 0.15) is 5.82 Å². The smallest absolute Gasteiger partial charge is 0.289 e. The Morgan fingerprint density at radius 1 is 1.41 bits per heavy atom. The second kappa shape index (κ2) is 4.67. The highest BCUT2D eigenvalue weighted by atomic mass is 32.2. The maximum atomic E-state index is 12.9. The van der Waals surface area contributed by atoms with E-state index < -0.39 is 16.8 Å². The van der Waals surface area contributed by atoms with Gasteiger partial charge in [-0.05, 0) is 12.1 Å². The normalized spacial score (nSPS) is 15.5. The molecule has 0 atom stereocenters. The first-order chi connectivity index (χ1) is 8.08. The van der Waals surface area contributed by atoms with E-state index in [1.165, 1.54) is 18.2 Å². The average molecular weight is 253 g/mol. The van der Waals surface area contributed by atoms with E-state index in [1.807, 2.05) is 0 Å². The summed E-state index contributed by atoms with van der Waals surface area (Å²) >= 11 is 0.865. The van der Waals surface area contributed by atoms with E-state index in [9.17, 15) is 18.8 Å². The Balaban J connectivity index is 2.12. The summed E-state index contributed by atoms with van der Waals surface area (Å²) in [5.41, 5.74) is 0.155. The number of carbonyl (C=O) groups is 3. The number of benzene rings is 1. The lowest BCUT2D eigenvalue weighted by Gasteiger charge is -2.11. The number of imide groups is 1. The fourth-order valence-corrected chi connectivity index (χ4v) is 2.16. The van der Waals surface area contributed by atoms with E-state index in [-0.39, 0.29) is 23.8 Å². The molecule has 6 heteroatoms. The molecule has 17 heavy (non-hydrogen) atoms. The van der Waals surface area contributed by atoms with Crippen LogP contribution in [0.15, 0.2) is 24.3 Å². The molecule has 1 heterocycles. The quantitative estimate of drug-likeness (QED) is 0.769. The van der Waals surface area contributed by atoms with E-state index >= 15 is 0 Å². The molecule has 0 aliphatic carbocycles. The molecule has 2 rings (SSSR count). The average Bonchev–Trinajstić information content (AvgIpc) is 2.61. The Kier molecular flexibility index (Phi) is 3.23. The summed E-state index contributed by atoms with van der Waals surface area (Å²) in [4.78, 5) is 35.1. The van der Waals surface area contributed by atoms with Gasteiger partial charge in [-0.3, -0.25) is 19.3 Å². The van der Waals surface area contributed by atoms with E-state index in [0.29, 0.717) is 0 Å². The zero-order valence-electron chi connectivity index (χ0n) is 8.68. The molecule has 4 nitrogen and oxygen atoms in total. The van der Waals surface area contributed by atoms with E-state index in [1.54, 1.807) is 0 Å². The van der Waals surface area contributed by atoms with Gasteiger partial charge in [-0.1, -0.05) is 23.9 Å². The van der Waals surface area contributed by atoms with Crippen LogP contribution >= 0.6 is 11.8 Å². The topological polar surface area (TPSA) is 54.5 Å². The van der Waals surface area contributed by atoms with Crippen molar-refractivity contribution in [3.63, 3.8) is 0 Å². The Bertz CT molecular complexity index is 487. The van der Waals surface area contributed by atoms with Crippen LogP contribution in [0.25, 0.3) is 0 Å². The van der Waals surface area contributed by atoms with Gasteiger partial charge in [0.05, 0.1) is 12.3 Å². The SMILES string of the molecule is O=C(CN1C(=O)CSC1=O)c1cccc(F)c1. The molecule has 88 valence electrons. The zero-order chi connectivity index (χ0) is 12.4. The first-order valence-electron chi connectivity index (χ1n) is 4.84. The van der Waals surface area contributed by atoms with Gasteiger partial charge in [0, 0.05) is 5.56 Å². The monoisotopic (exact) mass is 253 g/mol. The lowest BCUT2D eigenvalue weighted by atomic mass is 10.1. The maximum absolute atomic E-state index is 12.9. The number of hydrogen-bond donors (Lipinski definition) is 0. The first kappa shape index (κ1) is 11.8. The number of ketones is 1. The van der Waals surface area contributed by atoms with Crippen LogP contribution in [-0.4, -0.2) is 34.1 Å². The van der Waals surface area contributed by atoms with Crippen LogP contribution in [-0.2, 0) is 4.79 Å². The van der Waals surface area contributed by atoms with Gasteiger partial charge in [0.15, 0.2) is 5.78 Å². The van der Waals surface area contributed by atoms with Crippen LogP contribution in [0.4, 0.5) is 9.18 Å². The molecule has 0 radical (unpaired) electrons. The molecular weight excluding hydrogens is 245 g/mol. The van der Waals surface area contributed by atoms with Crippen molar-refractivity contribution in [2.24, 2.45) is 0 Å². The number of amides is 2. The van der Waals surface area contributed by atoms with Gasteiger partial charge >= 0.3 is 0 Å². The van der Waals surface area contributed by atoms with Crippen molar-refractivity contribution in [2.75, 3.05) is 12.3 Å².